The van der Waals surface area contributed by atoms with Crippen molar-refractivity contribution in [3.8, 4) is 0 Å². The van der Waals surface area contributed by atoms with Crippen molar-refractivity contribution in [2.45, 2.75) is 35.3 Å². The lowest BCUT2D eigenvalue weighted by Crippen LogP contribution is -2.22. The van der Waals surface area contributed by atoms with Crippen LogP contribution in [0.3, 0.4) is 0 Å². The molecule has 24 heavy (non-hydrogen) atoms. The Balaban J connectivity index is 1.92. The number of aromatic nitrogens is 2. The van der Waals surface area contributed by atoms with Crippen molar-refractivity contribution in [3.63, 3.8) is 0 Å². The topological polar surface area (TPSA) is 66.9 Å². The van der Waals surface area contributed by atoms with Crippen LogP contribution in [0.1, 0.15) is 20.8 Å². The molecule has 130 valence electrons. The molecule has 1 aromatic heterocycles. The molecule has 1 atom stereocenters. The third kappa shape index (κ3) is 5.68. The number of hydrogen-bond acceptors (Lipinski definition) is 7. The Labute approximate surface area is 155 Å². The Bertz CT molecular complexity index is 675. The Kier molecular flexibility index (Phi) is 7.39. The molecule has 2 N–H and O–H groups in total. The van der Waals surface area contributed by atoms with Gasteiger partial charge in [0.1, 0.15) is 0 Å². The van der Waals surface area contributed by atoms with Crippen molar-refractivity contribution >= 4 is 51.6 Å². The van der Waals surface area contributed by atoms with E-state index in [-0.39, 0.29) is 11.2 Å². The molecule has 1 amide bonds. The maximum atomic E-state index is 12.4. The van der Waals surface area contributed by atoms with Crippen molar-refractivity contribution < 1.29 is 4.79 Å². The smallest absolute Gasteiger partial charge is 0.237 e. The van der Waals surface area contributed by atoms with Crippen LogP contribution in [0.15, 0.2) is 33.5 Å². The first-order valence-electron chi connectivity index (χ1n) is 7.67. The fourth-order valence-electron chi connectivity index (χ4n) is 1.81. The SMILES string of the molecule is CSc1ccccc1NC(=O)C(C)Sc1nnc(NCC(C)C)s1. The van der Waals surface area contributed by atoms with Gasteiger partial charge in [0.2, 0.25) is 11.0 Å². The highest BCUT2D eigenvalue weighted by Gasteiger charge is 2.18. The molecule has 1 unspecified atom stereocenters. The molecule has 2 aromatic rings. The summed E-state index contributed by atoms with van der Waals surface area (Å²) in [6.07, 6.45) is 2.00. The molecular weight excluding hydrogens is 360 g/mol. The number of nitrogens with one attached hydrogen (secondary N) is 2. The number of amides is 1. The van der Waals surface area contributed by atoms with Crippen LogP contribution < -0.4 is 10.6 Å². The minimum atomic E-state index is -0.245. The third-order valence-electron chi connectivity index (χ3n) is 3.08. The highest BCUT2D eigenvalue weighted by atomic mass is 32.2. The molecule has 2 rings (SSSR count). The molecule has 0 radical (unpaired) electrons. The van der Waals surface area contributed by atoms with E-state index in [1.165, 1.54) is 23.1 Å². The van der Waals surface area contributed by atoms with Crippen LogP contribution in [-0.4, -0.2) is 34.2 Å². The molecule has 1 aromatic carbocycles. The molecule has 0 bridgehead atoms. The van der Waals surface area contributed by atoms with E-state index in [1.54, 1.807) is 11.8 Å². The van der Waals surface area contributed by atoms with Gasteiger partial charge in [0.15, 0.2) is 4.34 Å². The highest BCUT2D eigenvalue weighted by Crippen LogP contribution is 2.30. The maximum Gasteiger partial charge on any atom is 0.237 e. The van der Waals surface area contributed by atoms with E-state index in [0.29, 0.717) is 5.92 Å². The predicted molar refractivity (Wildman–Crippen MR) is 105 cm³/mol. The normalized spacial score (nSPS) is 12.2. The Hall–Kier alpha value is -1.25. The van der Waals surface area contributed by atoms with Gasteiger partial charge in [-0.1, -0.05) is 49.1 Å². The van der Waals surface area contributed by atoms with Crippen molar-refractivity contribution in [1.82, 2.24) is 10.2 Å². The fourth-order valence-corrected chi connectivity index (χ4v) is 4.26. The quantitative estimate of drug-likeness (QED) is 0.658. The van der Waals surface area contributed by atoms with E-state index in [9.17, 15) is 4.79 Å². The summed E-state index contributed by atoms with van der Waals surface area (Å²) < 4.78 is 0.794. The van der Waals surface area contributed by atoms with E-state index in [4.69, 9.17) is 0 Å². The zero-order valence-corrected chi connectivity index (χ0v) is 16.6. The third-order valence-corrected chi connectivity index (χ3v) is 5.94. The Morgan fingerprint density at radius 1 is 1.25 bits per heavy atom. The van der Waals surface area contributed by atoms with E-state index in [1.807, 2.05) is 37.4 Å². The van der Waals surface area contributed by atoms with Crippen molar-refractivity contribution in [2.24, 2.45) is 5.92 Å². The van der Waals surface area contributed by atoms with Gasteiger partial charge in [0, 0.05) is 11.4 Å². The number of nitrogens with zero attached hydrogens (tertiary/aromatic N) is 2. The molecule has 0 aliphatic heterocycles. The number of benzene rings is 1. The first-order valence-corrected chi connectivity index (χ1v) is 10.6. The van der Waals surface area contributed by atoms with Gasteiger partial charge in [-0.15, -0.1) is 22.0 Å². The number of rotatable bonds is 8. The number of para-hydroxylation sites is 1. The van der Waals surface area contributed by atoms with Crippen molar-refractivity contribution in [2.75, 3.05) is 23.4 Å². The predicted octanol–water partition coefficient (Wildman–Crippen LogP) is 4.45. The molecule has 0 fully saturated rings. The zero-order valence-electron chi connectivity index (χ0n) is 14.2. The van der Waals surface area contributed by atoms with Crippen LogP contribution in [0.25, 0.3) is 0 Å². The van der Waals surface area contributed by atoms with E-state index >= 15 is 0 Å². The highest BCUT2D eigenvalue weighted by molar-refractivity contribution is 8.02. The first-order chi connectivity index (χ1) is 11.5. The van der Waals surface area contributed by atoms with Gasteiger partial charge in [-0.25, -0.2) is 0 Å². The van der Waals surface area contributed by atoms with Gasteiger partial charge in [-0.2, -0.15) is 0 Å². The van der Waals surface area contributed by atoms with Crippen LogP contribution in [0.5, 0.6) is 0 Å². The minimum Gasteiger partial charge on any atom is -0.360 e. The van der Waals surface area contributed by atoms with Crippen LogP contribution in [-0.2, 0) is 4.79 Å². The molecule has 8 heteroatoms. The van der Waals surface area contributed by atoms with Gasteiger partial charge in [0.05, 0.1) is 10.9 Å². The summed E-state index contributed by atoms with van der Waals surface area (Å²) in [5, 5.41) is 15.0. The second kappa shape index (κ2) is 9.29. The lowest BCUT2D eigenvalue weighted by Gasteiger charge is -2.12. The van der Waals surface area contributed by atoms with Crippen LogP contribution >= 0.6 is 34.9 Å². The van der Waals surface area contributed by atoms with Gasteiger partial charge in [-0.3, -0.25) is 4.79 Å². The molecule has 5 nitrogen and oxygen atoms in total. The number of hydrogen-bond donors (Lipinski definition) is 2. The van der Waals surface area contributed by atoms with Gasteiger partial charge in [0.25, 0.3) is 0 Å². The van der Waals surface area contributed by atoms with Gasteiger partial charge >= 0.3 is 0 Å². The summed E-state index contributed by atoms with van der Waals surface area (Å²) in [4.78, 5) is 13.5. The molecular formula is C16H22N4OS3. The fraction of sp³-hybridized carbons (Fsp3) is 0.438. The van der Waals surface area contributed by atoms with Crippen LogP contribution in [0.2, 0.25) is 0 Å². The second-order valence-electron chi connectivity index (χ2n) is 5.60. The largest absolute Gasteiger partial charge is 0.360 e. The average Bonchev–Trinajstić information content (AvgIpc) is 3.00. The molecule has 1 heterocycles. The van der Waals surface area contributed by atoms with Gasteiger partial charge in [-0.05, 0) is 31.2 Å². The molecule has 0 spiro atoms. The van der Waals surface area contributed by atoms with E-state index in [0.717, 1.165) is 26.6 Å². The first kappa shape index (κ1) is 19.1. The van der Waals surface area contributed by atoms with Crippen LogP contribution in [0, 0.1) is 5.92 Å². The summed E-state index contributed by atoms with van der Waals surface area (Å²) >= 11 is 4.52. The summed E-state index contributed by atoms with van der Waals surface area (Å²) in [5.74, 6) is 0.514. The Morgan fingerprint density at radius 2 is 2.00 bits per heavy atom. The maximum absolute atomic E-state index is 12.4. The monoisotopic (exact) mass is 382 g/mol. The van der Waals surface area contributed by atoms with E-state index in [2.05, 4.69) is 34.7 Å². The summed E-state index contributed by atoms with van der Waals surface area (Å²) in [7, 11) is 0. The molecule has 0 aliphatic carbocycles. The second-order valence-corrected chi connectivity index (χ2v) is 9.01. The van der Waals surface area contributed by atoms with Crippen molar-refractivity contribution in [3.05, 3.63) is 24.3 Å². The molecule has 0 aliphatic rings. The summed E-state index contributed by atoms with van der Waals surface area (Å²) in [6.45, 7) is 7.02. The molecule has 0 saturated carbocycles. The van der Waals surface area contributed by atoms with E-state index < -0.39 is 0 Å². The Morgan fingerprint density at radius 3 is 2.71 bits per heavy atom. The minimum absolute atomic E-state index is 0.0339. The zero-order chi connectivity index (χ0) is 17.5. The summed E-state index contributed by atoms with van der Waals surface area (Å²) in [6, 6.07) is 7.80. The lowest BCUT2D eigenvalue weighted by atomic mass is 10.2. The van der Waals surface area contributed by atoms with Crippen molar-refractivity contribution in [1.29, 1.82) is 0 Å². The standard InChI is InChI=1S/C16H22N4OS3/c1-10(2)9-17-15-19-20-16(24-15)23-11(3)14(21)18-12-7-5-6-8-13(12)22-4/h5-8,10-11H,9H2,1-4H3,(H,17,19)(H,18,21). The van der Waals surface area contributed by atoms with Gasteiger partial charge < -0.3 is 10.6 Å². The number of carbonyl (C=O) groups excluding carboxylic acids is 1. The summed E-state index contributed by atoms with van der Waals surface area (Å²) in [5.41, 5.74) is 0.846. The lowest BCUT2D eigenvalue weighted by molar-refractivity contribution is -0.115. The molecule has 0 saturated heterocycles. The number of thioether (sulfide) groups is 2. The van der Waals surface area contributed by atoms with Crippen LogP contribution in [0.4, 0.5) is 10.8 Å². The number of anilines is 2. The average molecular weight is 383 g/mol. The number of carbonyl (C=O) groups is 1.